The molecule has 0 spiro atoms. The molecule has 2 aromatic carbocycles. The maximum Gasteiger partial charge on any atom is 0.293 e. The van der Waals surface area contributed by atoms with E-state index in [-0.39, 0.29) is 23.2 Å². The van der Waals surface area contributed by atoms with E-state index in [2.05, 4.69) is 5.32 Å². The zero-order chi connectivity index (χ0) is 22.8. The summed E-state index contributed by atoms with van der Waals surface area (Å²) in [6.45, 7) is 0.478. The van der Waals surface area contributed by atoms with Crippen molar-refractivity contribution < 1.29 is 19.2 Å². The number of carbonyl (C=O) groups excluding carboxylic acids is 1. The van der Waals surface area contributed by atoms with Crippen molar-refractivity contribution in [3.63, 3.8) is 0 Å². The average Bonchev–Trinajstić information content (AvgIpc) is 3.35. The molecule has 2 heterocycles. The van der Waals surface area contributed by atoms with Crippen molar-refractivity contribution in [1.29, 1.82) is 0 Å². The van der Waals surface area contributed by atoms with E-state index in [1.807, 2.05) is 29.6 Å². The summed E-state index contributed by atoms with van der Waals surface area (Å²) in [6, 6.07) is 12.0. The molecule has 1 atom stereocenters. The number of nitrogens with zero attached hydrogens (tertiary/aromatic N) is 2. The minimum absolute atomic E-state index is 0.130. The summed E-state index contributed by atoms with van der Waals surface area (Å²) < 4.78 is 11.0. The van der Waals surface area contributed by atoms with E-state index in [1.54, 1.807) is 49.6 Å². The molecule has 8 nitrogen and oxygen atoms in total. The largest absolute Gasteiger partial charge is 0.493 e. The van der Waals surface area contributed by atoms with Crippen LogP contribution in [-0.4, -0.2) is 43.5 Å². The monoisotopic (exact) mass is 453 g/mol. The highest BCUT2D eigenvalue weighted by Gasteiger charge is 2.35. The number of thiophene rings is 1. The molecule has 0 saturated carbocycles. The number of amides is 1. The van der Waals surface area contributed by atoms with E-state index in [0.29, 0.717) is 30.2 Å². The summed E-state index contributed by atoms with van der Waals surface area (Å²) in [4.78, 5) is 27.4. The van der Waals surface area contributed by atoms with Crippen molar-refractivity contribution in [3.05, 3.63) is 79.5 Å². The lowest BCUT2D eigenvalue weighted by atomic mass is 9.90. The van der Waals surface area contributed by atoms with E-state index in [0.717, 1.165) is 16.0 Å². The maximum absolute atomic E-state index is 13.6. The van der Waals surface area contributed by atoms with Gasteiger partial charge in [-0.1, -0.05) is 6.07 Å². The Balaban J connectivity index is 1.80. The molecule has 0 radical (unpaired) electrons. The van der Waals surface area contributed by atoms with Gasteiger partial charge in [0.1, 0.15) is 5.69 Å². The fraction of sp³-hybridized carbons (Fsp3) is 0.261. The number of nitro benzene ring substituents is 1. The summed E-state index contributed by atoms with van der Waals surface area (Å²) in [5.74, 6) is 0.986. The van der Waals surface area contributed by atoms with Gasteiger partial charge in [0.15, 0.2) is 11.5 Å². The fourth-order valence-electron chi connectivity index (χ4n) is 4.11. The number of fused-ring (bicyclic) bond motifs is 1. The number of rotatable bonds is 6. The second-order valence-electron chi connectivity index (χ2n) is 7.31. The molecule has 1 amide bonds. The van der Waals surface area contributed by atoms with Gasteiger partial charge in [0.05, 0.1) is 25.2 Å². The van der Waals surface area contributed by atoms with Crippen LogP contribution in [0, 0.1) is 10.1 Å². The van der Waals surface area contributed by atoms with Gasteiger partial charge in [-0.3, -0.25) is 14.9 Å². The number of hydrogen-bond donors (Lipinski definition) is 1. The predicted octanol–water partition coefficient (Wildman–Crippen LogP) is 4.50. The van der Waals surface area contributed by atoms with Crippen LogP contribution in [-0.2, 0) is 6.42 Å². The Bertz CT molecular complexity index is 1160. The Morgan fingerprint density at radius 2 is 1.94 bits per heavy atom. The Morgan fingerprint density at radius 3 is 2.56 bits per heavy atom. The number of nitro groups is 1. The molecule has 166 valence electrons. The van der Waals surface area contributed by atoms with Crippen LogP contribution in [0.4, 0.5) is 11.4 Å². The molecule has 1 N–H and O–H groups in total. The second-order valence-corrected chi connectivity index (χ2v) is 8.29. The van der Waals surface area contributed by atoms with E-state index in [9.17, 15) is 14.9 Å². The minimum Gasteiger partial charge on any atom is -0.493 e. The third kappa shape index (κ3) is 3.75. The lowest BCUT2D eigenvalue weighted by molar-refractivity contribution is -0.384. The molecule has 1 unspecified atom stereocenters. The third-order valence-electron chi connectivity index (χ3n) is 5.66. The zero-order valence-electron chi connectivity index (χ0n) is 18.0. The van der Waals surface area contributed by atoms with Gasteiger partial charge in [0.25, 0.3) is 11.6 Å². The minimum atomic E-state index is -0.484. The first-order chi connectivity index (χ1) is 15.5. The molecule has 1 aromatic heterocycles. The van der Waals surface area contributed by atoms with Gasteiger partial charge < -0.3 is 19.7 Å². The van der Waals surface area contributed by atoms with Gasteiger partial charge in [-0.05, 0) is 53.3 Å². The van der Waals surface area contributed by atoms with Gasteiger partial charge in [0.2, 0.25) is 0 Å². The summed E-state index contributed by atoms with van der Waals surface area (Å²) in [5, 5.41) is 16.3. The highest BCUT2D eigenvalue weighted by Crippen LogP contribution is 2.43. The summed E-state index contributed by atoms with van der Waals surface area (Å²) in [5.41, 5.74) is 2.56. The van der Waals surface area contributed by atoms with Gasteiger partial charge in [-0.15, -0.1) is 11.3 Å². The van der Waals surface area contributed by atoms with Crippen molar-refractivity contribution in [2.45, 2.75) is 12.5 Å². The lowest BCUT2D eigenvalue weighted by Gasteiger charge is -2.37. The van der Waals surface area contributed by atoms with Crippen LogP contribution in [0.15, 0.2) is 47.8 Å². The Morgan fingerprint density at radius 1 is 1.19 bits per heavy atom. The van der Waals surface area contributed by atoms with Gasteiger partial charge in [-0.25, -0.2) is 0 Å². The fourth-order valence-corrected chi connectivity index (χ4v) is 4.97. The highest BCUT2D eigenvalue weighted by atomic mass is 32.1. The van der Waals surface area contributed by atoms with Crippen LogP contribution < -0.4 is 14.8 Å². The number of ether oxygens (including phenoxy) is 2. The van der Waals surface area contributed by atoms with Gasteiger partial charge >= 0.3 is 0 Å². The molecule has 0 bridgehead atoms. The number of benzene rings is 2. The normalized spacial score (nSPS) is 15.1. The van der Waals surface area contributed by atoms with E-state index in [4.69, 9.17) is 9.47 Å². The van der Waals surface area contributed by atoms with Crippen LogP contribution in [0.25, 0.3) is 0 Å². The molecule has 4 rings (SSSR count). The number of methoxy groups -OCH3 is 2. The molecule has 32 heavy (non-hydrogen) atoms. The molecule has 9 heteroatoms. The first-order valence-corrected chi connectivity index (χ1v) is 10.9. The van der Waals surface area contributed by atoms with E-state index in [1.165, 1.54) is 6.07 Å². The first-order valence-electron chi connectivity index (χ1n) is 10.0. The van der Waals surface area contributed by atoms with Crippen molar-refractivity contribution in [3.8, 4) is 11.5 Å². The molecule has 0 saturated heterocycles. The maximum atomic E-state index is 13.6. The quantitative estimate of drug-likeness (QED) is 0.436. The molecule has 1 aliphatic rings. The van der Waals surface area contributed by atoms with Crippen molar-refractivity contribution in [2.75, 3.05) is 33.1 Å². The van der Waals surface area contributed by atoms with Crippen LogP contribution in [0.5, 0.6) is 11.5 Å². The van der Waals surface area contributed by atoms with Gasteiger partial charge in [0, 0.05) is 30.1 Å². The van der Waals surface area contributed by atoms with E-state index >= 15 is 0 Å². The summed E-state index contributed by atoms with van der Waals surface area (Å²) in [6.07, 6.45) is 0.639. The molecule has 0 aliphatic carbocycles. The Kier molecular flexibility index (Phi) is 6.00. The number of anilines is 1. The lowest BCUT2D eigenvalue weighted by Crippen LogP contribution is -2.40. The average molecular weight is 454 g/mol. The molecule has 1 aliphatic heterocycles. The van der Waals surface area contributed by atoms with Crippen LogP contribution in [0.1, 0.15) is 32.4 Å². The van der Waals surface area contributed by atoms with Crippen molar-refractivity contribution in [2.24, 2.45) is 0 Å². The molecule has 3 aromatic rings. The number of hydrogen-bond acceptors (Lipinski definition) is 7. The number of nitrogens with one attached hydrogen (secondary N) is 1. The predicted molar refractivity (Wildman–Crippen MR) is 123 cm³/mol. The standard InChI is InChI=1S/C23H23N3O5S/c1-24-17-7-6-15(11-18(17)26(28)29)23(27)25-9-8-14-12-19(30-2)20(31-3)13-16(14)22(25)21-5-4-10-32-21/h4-7,10-13,22,24H,8-9H2,1-3H3. The number of carbonyl (C=O) groups is 1. The topological polar surface area (TPSA) is 93.9 Å². The SMILES string of the molecule is CNc1ccc(C(=O)N2CCc3cc(OC)c(OC)cc3C2c2cccs2)cc1[N+](=O)[O-]. The molecule has 0 fully saturated rings. The summed E-state index contributed by atoms with van der Waals surface area (Å²) in [7, 11) is 4.79. The van der Waals surface area contributed by atoms with Crippen molar-refractivity contribution >= 4 is 28.6 Å². The third-order valence-corrected chi connectivity index (χ3v) is 6.58. The van der Waals surface area contributed by atoms with Crippen LogP contribution in [0.2, 0.25) is 0 Å². The zero-order valence-corrected chi connectivity index (χ0v) is 18.8. The molecular weight excluding hydrogens is 430 g/mol. The van der Waals surface area contributed by atoms with E-state index < -0.39 is 4.92 Å². The van der Waals surface area contributed by atoms with Crippen LogP contribution in [0.3, 0.4) is 0 Å². The van der Waals surface area contributed by atoms with Crippen molar-refractivity contribution in [1.82, 2.24) is 4.90 Å². The van der Waals surface area contributed by atoms with Gasteiger partial charge in [-0.2, -0.15) is 0 Å². The Labute approximate surface area is 189 Å². The summed E-state index contributed by atoms with van der Waals surface area (Å²) >= 11 is 1.56. The smallest absolute Gasteiger partial charge is 0.293 e. The first kappa shape index (κ1) is 21.6. The second kappa shape index (κ2) is 8.88. The Hall–Kier alpha value is -3.59. The molecular formula is C23H23N3O5S. The highest BCUT2D eigenvalue weighted by molar-refractivity contribution is 7.10. The van der Waals surface area contributed by atoms with Crippen LogP contribution >= 0.6 is 11.3 Å².